The molecule has 0 spiro atoms. The molecule has 0 aliphatic rings. The molecule has 92 valence electrons. The first kappa shape index (κ1) is 11.0. The number of pyridine rings is 1. The number of nitrogens with one attached hydrogen (secondary N) is 1. The molecule has 0 atom stereocenters. The second-order valence-corrected chi connectivity index (χ2v) is 4.65. The average Bonchev–Trinajstić information content (AvgIpc) is 2.65. The van der Waals surface area contributed by atoms with Crippen molar-refractivity contribution in [1.82, 2.24) is 14.5 Å². The normalized spacial score (nSPS) is 11.3. The van der Waals surface area contributed by atoms with Crippen LogP contribution in [0.15, 0.2) is 18.2 Å². The zero-order chi connectivity index (χ0) is 12.9. The van der Waals surface area contributed by atoms with Crippen LogP contribution in [-0.2, 0) is 7.05 Å². The molecule has 0 aliphatic heterocycles. The Morgan fingerprint density at radius 2 is 1.94 bits per heavy atom. The molecule has 0 bridgehead atoms. The van der Waals surface area contributed by atoms with Gasteiger partial charge in [0.2, 0.25) is 0 Å². The van der Waals surface area contributed by atoms with Crippen LogP contribution in [-0.4, -0.2) is 21.6 Å². The van der Waals surface area contributed by atoms with E-state index in [2.05, 4.69) is 45.0 Å². The Morgan fingerprint density at radius 3 is 2.67 bits per heavy atom. The van der Waals surface area contributed by atoms with Crippen LogP contribution < -0.4 is 5.32 Å². The number of fused-ring (bicyclic) bond motifs is 3. The zero-order valence-electron chi connectivity index (χ0n) is 11.1. The summed E-state index contributed by atoms with van der Waals surface area (Å²) in [6.07, 6.45) is 0. The summed E-state index contributed by atoms with van der Waals surface area (Å²) in [6.45, 7) is 4.11. The number of imidazole rings is 1. The summed E-state index contributed by atoms with van der Waals surface area (Å²) in [4.78, 5) is 9.23. The Kier molecular flexibility index (Phi) is 2.26. The maximum Gasteiger partial charge on any atom is 0.154 e. The summed E-state index contributed by atoms with van der Waals surface area (Å²) in [5.41, 5.74) is 4.32. The van der Waals surface area contributed by atoms with Gasteiger partial charge in [-0.2, -0.15) is 0 Å². The van der Waals surface area contributed by atoms with Crippen molar-refractivity contribution in [2.24, 2.45) is 7.05 Å². The molecule has 1 N–H and O–H groups in total. The van der Waals surface area contributed by atoms with E-state index in [1.807, 2.05) is 21.0 Å². The molecule has 2 aromatic heterocycles. The van der Waals surface area contributed by atoms with Crippen molar-refractivity contribution in [2.75, 3.05) is 12.4 Å². The highest BCUT2D eigenvalue weighted by Gasteiger charge is 2.13. The van der Waals surface area contributed by atoms with Crippen molar-refractivity contribution < 1.29 is 0 Å². The molecule has 1 aromatic carbocycles. The smallest absolute Gasteiger partial charge is 0.154 e. The van der Waals surface area contributed by atoms with Gasteiger partial charge >= 0.3 is 0 Å². The van der Waals surface area contributed by atoms with Crippen LogP contribution in [0.5, 0.6) is 0 Å². The first-order valence-corrected chi connectivity index (χ1v) is 6.03. The first-order chi connectivity index (χ1) is 8.61. The van der Waals surface area contributed by atoms with E-state index < -0.39 is 0 Å². The van der Waals surface area contributed by atoms with Gasteiger partial charge < -0.3 is 9.88 Å². The number of benzene rings is 1. The van der Waals surface area contributed by atoms with Crippen LogP contribution in [0.2, 0.25) is 0 Å². The van der Waals surface area contributed by atoms with Gasteiger partial charge in [-0.05, 0) is 26.0 Å². The van der Waals surface area contributed by atoms with E-state index in [4.69, 9.17) is 0 Å². The molecule has 0 saturated carbocycles. The molecule has 0 saturated heterocycles. The van der Waals surface area contributed by atoms with E-state index in [-0.39, 0.29) is 0 Å². The summed E-state index contributed by atoms with van der Waals surface area (Å²) >= 11 is 0. The predicted molar refractivity (Wildman–Crippen MR) is 75.0 cm³/mol. The molecule has 18 heavy (non-hydrogen) atoms. The van der Waals surface area contributed by atoms with Gasteiger partial charge in [-0.1, -0.05) is 11.6 Å². The highest BCUT2D eigenvalue weighted by atomic mass is 15.1. The second-order valence-electron chi connectivity index (χ2n) is 4.65. The molecule has 0 amide bonds. The fraction of sp³-hybridized carbons (Fsp3) is 0.286. The minimum absolute atomic E-state index is 0.838. The quantitative estimate of drug-likeness (QED) is 0.711. The van der Waals surface area contributed by atoms with Gasteiger partial charge in [-0.3, -0.25) is 0 Å². The van der Waals surface area contributed by atoms with Gasteiger partial charge in [0.15, 0.2) is 5.82 Å². The van der Waals surface area contributed by atoms with Gasteiger partial charge in [-0.15, -0.1) is 0 Å². The Hall–Kier alpha value is -2.10. The number of aromatic nitrogens is 3. The van der Waals surface area contributed by atoms with Crippen molar-refractivity contribution in [2.45, 2.75) is 13.8 Å². The van der Waals surface area contributed by atoms with E-state index in [1.165, 1.54) is 5.56 Å². The molecule has 3 rings (SSSR count). The fourth-order valence-corrected chi connectivity index (χ4v) is 2.37. The van der Waals surface area contributed by atoms with Crippen LogP contribution in [0.25, 0.3) is 21.9 Å². The SMILES string of the molecule is CNc1nc2ccc(C)cc2c2c1nc(C)n2C. The minimum atomic E-state index is 0.838. The van der Waals surface area contributed by atoms with Crippen molar-refractivity contribution >= 4 is 27.8 Å². The van der Waals surface area contributed by atoms with Crippen molar-refractivity contribution in [3.8, 4) is 0 Å². The van der Waals surface area contributed by atoms with Gasteiger partial charge in [0.25, 0.3) is 0 Å². The van der Waals surface area contributed by atoms with Gasteiger partial charge in [0.05, 0.1) is 11.0 Å². The third-order valence-corrected chi connectivity index (χ3v) is 3.42. The predicted octanol–water partition coefficient (Wildman–Crippen LogP) is 2.78. The molecule has 0 unspecified atom stereocenters. The highest BCUT2D eigenvalue weighted by Crippen LogP contribution is 2.29. The number of anilines is 1. The molecule has 3 aromatic rings. The van der Waals surface area contributed by atoms with E-state index in [0.29, 0.717) is 0 Å². The summed E-state index contributed by atoms with van der Waals surface area (Å²) < 4.78 is 2.12. The third kappa shape index (κ3) is 1.38. The number of rotatable bonds is 1. The molecule has 4 heteroatoms. The largest absolute Gasteiger partial charge is 0.371 e. The Labute approximate surface area is 106 Å². The number of aryl methyl sites for hydroxylation is 3. The second kappa shape index (κ2) is 3.70. The van der Waals surface area contributed by atoms with E-state index in [1.54, 1.807) is 0 Å². The molecule has 0 radical (unpaired) electrons. The van der Waals surface area contributed by atoms with Gasteiger partial charge in [-0.25, -0.2) is 9.97 Å². The van der Waals surface area contributed by atoms with Crippen LogP contribution in [0.1, 0.15) is 11.4 Å². The molecule has 4 nitrogen and oxygen atoms in total. The summed E-state index contributed by atoms with van der Waals surface area (Å²) in [5, 5.41) is 4.29. The van der Waals surface area contributed by atoms with Crippen LogP contribution in [0.4, 0.5) is 5.82 Å². The number of nitrogens with zero attached hydrogens (tertiary/aromatic N) is 3. The van der Waals surface area contributed by atoms with Gasteiger partial charge in [0.1, 0.15) is 11.3 Å². The number of hydrogen-bond donors (Lipinski definition) is 1. The minimum Gasteiger partial charge on any atom is -0.371 e. The molecule has 0 fully saturated rings. The van der Waals surface area contributed by atoms with Crippen LogP contribution in [0, 0.1) is 13.8 Å². The lowest BCUT2D eigenvalue weighted by Gasteiger charge is -2.07. The van der Waals surface area contributed by atoms with E-state index >= 15 is 0 Å². The molecular weight excluding hydrogens is 224 g/mol. The molecule has 0 aliphatic carbocycles. The van der Waals surface area contributed by atoms with Crippen molar-refractivity contribution in [3.05, 3.63) is 29.6 Å². The van der Waals surface area contributed by atoms with Crippen LogP contribution >= 0.6 is 0 Å². The lowest BCUT2D eigenvalue weighted by molar-refractivity contribution is 0.888. The Bertz CT molecular complexity index is 755. The van der Waals surface area contributed by atoms with E-state index in [9.17, 15) is 0 Å². The Morgan fingerprint density at radius 1 is 1.17 bits per heavy atom. The lowest BCUT2D eigenvalue weighted by atomic mass is 10.1. The topological polar surface area (TPSA) is 42.7 Å². The monoisotopic (exact) mass is 240 g/mol. The summed E-state index contributed by atoms with van der Waals surface area (Å²) in [5.74, 6) is 1.84. The molecule has 2 heterocycles. The summed E-state index contributed by atoms with van der Waals surface area (Å²) in [6, 6.07) is 6.32. The number of hydrogen-bond acceptors (Lipinski definition) is 3. The van der Waals surface area contributed by atoms with Crippen LogP contribution in [0.3, 0.4) is 0 Å². The molecular formula is C14H16N4. The fourth-order valence-electron chi connectivity index (χ4n) is 2.37. The zero-order valence-corrected chi connectivity index (χ0v) is 11.1. The standard InChI is InChI=1S/C14H16N4/c1-8-5-6-11-10(7-8)13-12(14(15-3)17-11)16-9(2)18(13)4/h5-7H,1-4H3,(H,15,17). The van der Waals surface area contributed by atoms with Crippen molar-refractivity contribution in [1.29, 1.82) is 0 Å². The third-order valence-electron chi connectivity index (χ3n) is 3.42. The highest BCUT2D eigenvalue weighted by molar-refractivity contribution is 6.07. The average molecular weight is 240 g/mol. The lowest BCUT2D eigenvalue weighted by Crippen LogP contribution is -1.96. The van der Waals surface area contributed by atoms with Crippen molar-refractivity contribution in [3.63, 3.8) is 0 Å². The maximum atomic E-state index is 4.63. The van der Waals surface area contributed by atoms with E-state index in [0.717, 1.165) is 33.6 Å². The Balaban J connectivity index is 2.60. The first-order valence-electron chi connectivity index (χ1n) is 6.03. The van der Waals surface area contributed by atoms with Gasteiger partial charge in [0, 0.05) is 19.5 Å². The maximum absolute atomic E-state index is 4.63. The summed E-state index contributed by atoms with van der Waals surface area (Å²) in [7, 11) is 3.93.